The molecular formula is C31H26ClN3O4S2. The van der Waals surface area contributed by atoms with E-state index in [2.05, 4.69) is 16.8 Å². The Hall–Kier alpha value is -3.92. The molecule has 1 N–H and O–H groups in total. The van der Waals surface area contributed by atoms with Gasteiger partial charge in [-0.3, -0.25) is 14.5 Å². The molecule has 1 aliphatic heterocycles. The molecule has 0 aliphatic carbocycles. The molecule has 41 heavy (non-hydrogen) atoms. The number of Topliss-reactive ketones (excluding diaryl/α,β-unsaturated/α-hetero) is 1. The summed E-state index contributed by atoms with van der Waals surface area (Å²) in [6.45, 7) is 7.75. The molecule has 208 valence electrons. The Balaban J connectivity index is 1.55. The Morgan fingerprint density at radius 1 is 1.10 bits per heavy atom. The van der Waals surface area contributed by atoms with Crippen LogP contribution >= 0.6 is 34.7 Å². The number of aryl methyl sites for hydroxylation is 2. The van der Waals surface area contributed by atoms with Crippen LogP contribution in [0.3, 0.4) is 0 Å². The van der Waals surface area contributed by atoms with Crippen LogP contribution < -0.4 is 9.64 Å². The number of nitrogens with zero attached hydrogens (tertiary/aromatic N) is 3. The van der Waals surface area contributed by atoms with Crippen LogP contribution in [0.5, 0.6) is 5.75 Å². The maximum Gasteiger partial charge on any atom is 0.301 e. The number of carbonyl (C=O) groups excluding carboxylic acids is 2. The van der Waals surface area contributed by atoms with Crippen molar-refractivity contribution in [3.05, 3.63) is 118 Å². The third kappa shape index (κ3) is 6.07. The molecule has 2 heterocycles. The van der Waals surface area contributed by atoms with Crippen molar-refractivity contribution >= 4 is 57.3 Å². The minimum absolute atomic E-state index is 0.00553. The first kappa shape index (κ1) is 28.6. The van der Waals surface area contributed by atoms with Crippen molar-refractivity contribution in [3.8, 4) is 5.75 Å². The number of hydrogen-bond donors (Lipinski definition) is 1. The Morgan fingerprint density at radius 2 is 1.83 bits per heavy atom. The van der Waals surface area contributed by atoms with Gasteiger partial charge in [-0.05, 0) is 60.9 Å². The predicted molar refractivity (Wildman–Crippen MR) is 164 cm³/mol. The first-order valence-electron chi connectivity index (χ1n) is 12.7. The van der Waals surface area contributed by atoms with Crippen LogP contribution in [0.1, 0.15) is 33.9 Å². The van der Waals surface area contributed by atoms with Crippen molar-refractivity contribution in [2.45, 2.75) is 30.0 Å². The standard InChI is InChI=1S/C31H26ClN3O4S2/c1-4-15-39-23-13-9-21(10-14-23)26-25(27(36)24-16-18(2)5-6-19(24)3)28(37)29(38)35(26)30-33-34-31(41-30)40-17-20-7-11-22(32)12-8-20/h4-14,16,26,36H,1,15,17H2,2-3H3. The lowest BCUT2D eigenvalue weighted by molar-refractivity contribution is -0.132. The molecule has 1 aliphatic rings. The third-order valence-electron chi connectivity index (χ3n) is 6.53. The summed E-state index contributed by atoms with van der Waals surface area (Å²) in [6.07, 6.45) is 1.64. The van der Waals surface area contributed by atoms with E-state index < -0.39 is 17.7 Å². The van der Waals surface area contributed by atoms with Crippen molar-refractivity contribution in [3.63, 3.8) is 0 Å². The van der Waals surface area contributed by atoms with Gasteiger partial charge in [-0.25, -0.2) is 0 Å². The van der Waals surface area contributed by atoms with Crippen LogP contribution in [0, 0.1) is 13.8 Å². The molecule has 0 spiro atoms. The number of thioether (sulfide) groups is 1. The van der Waals surface area contributed by atoms with Crippen LogP contribution in [0.15, 0.2) is 89.3 Å². The monoisotopic (exact) mass is 603 g/mol. The average molecular weight is 604 g/mol. The van der Waals surface area contributed by atoms with Gasteiger partial charge in [0, 0.05) is 16.3 Å². The number of ether oxygens (including phenoxy) is 1. The number of halogens is 1. The Bertz CT molecular complexity index is 1650. The number of amides is 1. The quantitative estimate of drug-likeness (QED) is 0.0536. The van der Waals surface area contributed by atoms with Crippen LogP contribution in [0.25, 0.3) is 5.76 Å². The molecule has 10 heteroatoms. The smallest absolute Gasteiger partial charge is 0.301 e. The van der Waals surface area contributed by atoms with Crippen molar-refractivity contribution < 1.29 is 19.4 Å². The average Bonchev–Trinajstić information content (AvgIpc) is 3.54. The molecule has 1 fully saturated rings. The number of carbonyl (C=O) groups is 2. The predicted octanol–water partition coefficient (Wildman–Crippen LogP) is 7.29. The minimum atomic E-state index is -0.912. The van der Waals surface area contributed by atoms with E-state index in [0.29, 0.717) is 38.6 Å². The number of ketones is 1. The van der Waals surface area contributed by atoms with E-state index in [-0.39, 0.29) is 16.5 Å². The molecule has 1 amide bonds. The lowest BCUT2D eigenvalue weighted by Gasteiger charge is -2.23. The molecule has 1 unspecified atom stereocenters. The van der Waals surface area contributed by atoms with E-state index in [0.717, 1.165) is 16.7 Å². The zero-order chi connectivity index (χ0) is 29.1. The Morgan fingerprint density at radius 3 is 2.54 bits per heavy atom. The number of benzene rings is 3. The van der Waals surface area contributed by atoms with Gasteiger partial charge in [0.05, 0.1) is 11.6 Å². The second kappa shape index (κ2) is 12.3. The van der Waals surface area contributed by atoms with E-state index in [1.54, 1.807) is 36.4 Å². The fraction of sp³-hybridized carbons (Fsp3) is 0.161. The first-order chi connectivity index (χ1) is 19.8. The number of hydrogen-bond acceptors (Lipinski definition) is 8. The van der Waals surface area contributed by atoms with E-state index in [1.165, 1.54) is 28.0 Å². The molecule has 3 aromatic carbocycles. The largest absolute Gasteiger partial charge is 0.507 e. The van der Waals surface area contributed by atoms with Crippen molar-refractivity contribution in [1.82, 2.24) is 10.2 Å². The molecule has 4 aromatic rings. The summed E-state index contributed by atoms with van der Waals surface area (Å²) in [5.41, 5.74) is 3.86. The van der Waals surface area contributed by atoms with Gasteiger partial charge in [0.1, 0.15) is 18.1 Å². The zero-order valence-corrected chi connectivity index (χ0v) is 24.7. The number of rotatable bonds is 9. The zero-order valence-electron chi connectivity index (χ0n) is 22.3. The number of anilines is 1. The summed E-state index contributed by atoms with van der Waals surface area (Å²) in [7, 11) is 0. The number of aliphatic hydroxyl groups excluding tert-OH is 1. The third-order valence-corrected chi connectivity index (χ3v) is 8.91. The number of aliphatic hydroxyl groups is 1. The van der Waals surface area contributed by atoms with Gasteiger partial charge in [-0.2, -0.15) is 0 Å². The summed E-state index contributed by atoms with van der Waals surface area (Å²) in [6, 6.07) is 19.3. The highest BCUT2D eigenvalue weighted by atomic mass is 35.5. The highest BCUT2D eigenvalue weighted by Crippen LogP contribution is 2.44. The SMILES string of the molecule is C=CCOc1ccc(C2C(=C(O)c3cc(C)ccc3C)C(=O)C(=O)N2c2nnc(SCc3ccc(Cl)cc3)s2)cc1. The van der Waals surface area contributed by atoms with Gasteiger partial charge >= 0.3 is 5.91 Å². The maximum absolute atomic E-state index is 13.5. The topological polar surface area (TPSA) is 92.6 Å². The second-order valence-corrected chi connectivity index (χ2v) is 12.0. The van der Waals surface area contributed by atoms with Gasteiger partial charge in [0.15, 0.2) is 4.34 Å². The van der Waals surface area contributed by atoms with Crippen LogP contribution in [0.2, 0.25) is 5.02 Å². The highest BCUT2D eigenvalue weighted by molar-refractivity contribution is 8.00. The van der Waals surface area contributed by atoms with Crippen molar-refractivity contribution in [2.24, 2.45) is 0 Å². The van der Waals surface area contributed by atoms with Crippen molar-refractivity contribution in [2.75, 3.05) is 11.5 Å². The Labute approximate surface area is 251 Å². The summed E-state index contributed by atoms with van der Waals surface area (Å²) >= 11 is 8.67. The molecule has 1 saturated heterocycles. The Kier molecular flexibility index (Phi) is 8.58. The molecule has 0 saturated carbocycles. The normalized spacial score (nSPS) is 16.3. The molecule has 1 aromatic heterocycles. The molecule has 1 atom stereocenters. The summed E-state index contributed by atoms with van der Waals surface area (Å²) in [5.74, 6) is -0.555. The first-order valence-corrected chi connectivity index (χ1v) is 14.9. The van der Waals surface area contributed by atoms with Crippen molar-refractivity contribution in [1.29, 1.82) is 0 Å². The van der Waals surface area contributed by atoms with Gasteiger partial charge in [0.25, 0.3) is 5.78 Å². The summed E-state index contributed by atoms with van der Waals surface area (Å²) in [4.78, 5) is 28.4. The van der Waals surface area contributed by atoms with Gasteiger partial charge < -0.3 is 9.84 Å². The van der Waals surface area contributed by atoms with Crippen LogP contribution in [-0.2, 0) is 15.3 Å². The van der Waals surface area contributed by atoms with Gasteiger partial charge in [-0.15, -0.1) is 10.2 Å². The summed E-state index contributed by atoms with van der Waals surface area (Å²) < 4.78 is 6.25. The summed E-state index contributed by atoms with van der Waals surface area (Å²) in [5, 5.41) is 21.0. The van der Waals surface area contributed by atoms with E-state index in [4.69, 9.17) is 16.3 Å². The minimum Gasteiger partial charge on any atom is -0.507 e. The lowest BCUT2D eigenvalue weighted by atomic mass is 9.93. The van der Waals surface area contributed by atoms with Gasteiger partial charge in [0.2, 0.25) is 5.13 Å². The van der Waals surface area contributed by atoms with E-state index in [1.807, 2.05) is 50.2 Å². The molecule has 5 rings (SSSR count). The van der Waals surface area contributed by atoms with Crippen LogP contribution in [0.4, 0.5) is 5.13 Å². The molecular weight excluding hydrogens is 578 g/mol. The van der Waals surface area contributed by atoms with E-state index in [9.17, 15) is 14.7 Å². The molecule has 0 bridgehead atoms. The van der Waals surface area contributed by atoms with Crippen LogP contribution in [-0.4, -0.2) is 33.6 Å². The number of aromatic nitrogens is 2. The second-order valence-electron chi connectivity index (χ2n) is 9.42. The maximum atomic E-state index is 13.5. The lowest BCUT2D eigenvalue weighted by Crippen LogP contribution is -2.29. The van der Waals surface area contributed by atoms with Gasteiger partial charge in [-0.1, -0.05) is 89.3 Å². The van der Waals surface area contributed by atoms with E-state index >= 15 is 0 Å². The highest BCUT2D eigenvalue weighted by Gasteiger charge is 2.48. The fourth-order valence-electron chi connectivity index (χ4n) is 4.47. The molecule has 0 radical (unpaired) electrons. The fourth-order valence-corrected chi connectivity index (χ4v) is 6.42. The molecule has 7 nitrogen and oxygen atoms in total.